The van der Waals surface area contributed by atoms with Gasteiger partial charge in [-0.2, -0.15) is 0 Å². The van der Waals surface area contributed by atoms with E-state index < -0.39 is 24.3 Å². The first-order valence-electron chi connectivity index (χ1n) is 36.9. The third-order valence-corrected chi connectivity index (χ3v) is 14.7. The summed E-state index contributed by atoms with van der Waals surface area (Å²) in [5.74, 6) is -2.34. The van der Waals surface area contributed by atoms with E-state index in [4.69, 9.17) is 18.9 Å². The number of esters is 2. The van der Waals surface area contributed by atoms with Gasteiger partial charge in [0.2, 0.25) is 0 Å². The molecule has 0 aliphatic carbocycles. The van der Waals surface area contributed by atoms with Crippen molar-refractivity contribution in [3.05, 3.63) is 219 Å². The summed E-state index contributed by atoms with van der Waals surface area (Å²) in [6, 6.07) is 0. The summed E-state index contributed by atoms with van der Waals surface area (Å²) >= 11 is 0. The van der Waals surface area contributed by atoms with Crippen molar-refractivity contribution in [2.24, 2.45) is 0 Å². The van der Waals surface area contributed by atoms with Crippen LogP contribution in [0.5, 0.6) is 0 Å². The van der Waals surface area contributed by atoms with Crippen molar-refractivity contribution >= 4 is 17.9 Å². The molecule has 0 radical (unpaired) electrons. The number of carbonyl (C=O) groups is 3. The Balaban J connectivity index is 4.25. The van der Waals surface area contributed by atoms with E-state index in [1.165, 1.54) is 32.1 Å². The van der Waals surface area contributed by atoms with Gasteiger partial charge in [0.1, 0.15) is 13.2 Å². The van der Waals surface area contributed by atoms with E-state index in [9.17, 15) is 19.5 Å². The third-order valence-electron chi connectivity index (χ3n) is 14.7. The third kappa shape index (κ3) is 74.9. The molecule has 0 N–H and O–H groups in total. The highest BCUT2D eigenvalue weighted by atomic mass is 16.7. The van der Waals surface area contributed by atoms with Gasteiger partial charge in [-0.15, -0.1) is 0 Å². The first kappa shape index (κ1) is 88.6. The van der Waals surface area contributed by atoms with Crippen molar-refractivity contribution < 1.29 is 42.9 Å². The average Bonchev–Trinajstić information content (AvgIpc) is 2.92. The molecule has 95 heavy (non-hydrogen) atoms. The van der Waals surface area contributed by atoms with Gasteiger partial charge in [-0.3, -0.25) is 9.59 Å². The summed E-state index contributed by atoms with van der Waals surface area (Å²) in [6.45, 7) is 4.46. The zero-order valence-electron chi connectivity index (χ0n) is 60.4. The molecule has 0 aliphatic rings. The number of quaternary nitrogens is 1. The van der Waals surface area contributed by atoms with Crippen LogP contribution in [-0.2, 0) is 33.3 Å². The van der Waals surface area contributed by atoms with E-state index >= 15 is 0 Å². The summed E-state index contributed by atoms with van der Waals surface area (Å²) in [5.41, 5.74) is 0. The first-order valence-corrected chi connectivity index (χ1v) is 36.9. The molecule has 0 amide bonds. The Morgan fingerprint density at radius 2 is 0.568 bits per heavy atom. The van der Waals surface area contributed by atoms with Crippen molar-refractivity contribution in [3.8, 4) is 0 Å². The summed E-state index contributed by atoms with van der Waals surface area (Å²) < 4.78 is 22.8. The molecule has 2 unspecified atom stereocenters. The number of carbonyl (C=O) groups excluding carboxylic acids is 3. The standard InChI is InChI=1S/C86H133NO8/c1-6-8-10-12-14-16-18-20-22-24-26-28-30-32-34-36-38-39-40-41-42-43-44-45-47-49-51-53-55-57-59-61-63-65-67-69-71-73-75-77-84(89)95-82(81-94-86(85(90)91)92-79-78-87(3,4)5)80-93-83(88)76-74-72-70-68-66-64-62-60-58-56-54-52-50-48-46-37-35-33-31-29-27-25-23-21-19-17-15-13-11-9-7-2/h8-11,14-17,20-23,26-29,32-35,38-39,41-42,44-46,48-49,51-52,54-55,57,61,63,82,86H,6-7,12-13,18-19,24-25,30-31,36-37,40,43,47,50,53,56,58-60,62,64-81H2,1-5H3/b10-8-,11-9-,16-14-,17-15-,22-20-,23-21-,28-26-,29-27-,34-32-,35-33-,39-38-,42-41-,45-44-,48-46-,51-49-,54-52-,57-55-,63-61-. The fraction of sp³-hybridized carbons (Fsp3) is 0.547. The van der Waals surface area contributed by atoms with Gasteiger partial charge < -0.3 is 33.3 Å². The minimum atomic E-state index is -1.65. The lowest BCUT2D eigenvalue weighted by atomic mass is 10.1. The molecular formula is C86H133NO8. The fourth-order valence-corrected chi connectivity index (χ4v) is 9.17. The zero-order chi connectivity index (χ0) is 69.0. The van der Waals surface area contributed by atoms with E-state index in [2.05, 4.69) is 233 Å². The van der Waals surface area contributed by atoms with Crippen LogP contribution < -0.4 is 5.11 Å². The number of aliphatic carboxylic acids is 1. The number of likely N-dealkylation sites (N-methyl/N-ethyl adjacent to an activating group) is 1. The van der Waals surface area contributed by atoms with Crippen LogP contribution in [0.2, 0.25) is 0 Å². The minimum Gasteiger partial charge on any atom is -0.545 e. The minimum absolute atomic E-state index is 0.130. The largest absolute Gasteiger partial charge is 0.545 e. The number of hydrogen-bond acceptors (Lipinski definition) is 8. The van der Waals surface area contributed by atoms with Gasteiger partial charge in [-0.1, -0.05) is 297 Å². The molecular weight excluding hydrogens is 1170 g/mol. The van der Waals surface area contributed by atoms with Crippen molar-refractivity contribution in [3.63, 3.8) is 0 Å². The molecule has 0 aromatic carbocycles. The Kier molecular flexibility index (Phi) is 68.5. The molecule has 530 valence electrons. The number of nitrogens with zero attached hydrogens (tertiary/aromatic N) is 1. The first-order chi connectivity index (χ1) is 46.6. The smallest absolute Gasteiger partial charge is 0.306 e. The molecule has 0 aromatic heterocycles. The van der Waals surface area contributed by atoms with Crippen molar-refractivity contribution in [1.82, 2.24) is 0 Å². The van der Waals surface area contributed by atoms with Crippen LogP contribution in [0.1, 0.15) is 245 Å². The Labute approximate surface area is 581 Å². The molecule has 0 rings (SSSR count). The molecule has 0 saturated carbocycles. The molecule has 0 saturated heterocycles. The van der Waals surface area contributed by atoms with E-state index in [1.807, 2.05) is 21.1 Å². The Morgan fingerprint density at radius 3 is 0.842 bits per heavy atom. The highest BCUT2D eigenvalue weighted by Gasteiger charge is 2.22. The highest BCUT2D eigenvalue weighted by molar-refractivity contribution is 5.70. The normalized spacial score (nSPS) is 14.0. The number of ether oxygens (including phenoxy) is 4. The predicted molar refractivity (Wildman–Crippen MR) is 407 cm³/mol. The molecule has 9 heteroatoms. The molecule has 0 spiro atoms. The SMILES string of the molecule is CC/C=C\C/C=C\C/C=C\C/C=C\C/C=C\C/C=C\C/C=C\C/C=C\C/C=C\C/C=C\C/C=C\CCCCCCCC(=O)OC(COC(=O)CCCCCCCCCCC/C=C\C/C=C\C/C=C\C/C=C\C/C=C\C/C=C\C/C=C\CC)COC(OCC[N+](C)(C)C)C(=O)[O-]. The van der Waals surface area contributed by atoms with Gasteiger partial charge in [-0.05, 0) is 154 Å². The maximum absolute atomic E-state index is 12.9. The second kappa shape index (κ2) is 73.4. The van der Waals surface area contributed by atoms with Gasteiger partial charge in [0.15, 0.2) is 12.4 Å². The maximum atomic E-state index is 12.9. The zero-order valence-corrected chi connectivity index (χ0v) is 60.4. The second-order valence-corrected chi connectivity index (χ2v) is 24.8. The number of carboxylic acids is 1. The lowest BCUT2D eigenvalue weighted by Gasteiger charge is -2.26. The number of carboxylic acid groups (broad SMARTS) is 1. The quantitative estimate of drug-likeness (QED) is 0.0195. The van der Waals surface area contributed by atoms with Crippen LogP contribution in [0.3, 0.4) is 0 Å². The molecule has 0 aromatic rings. The van der Waals surface area contributed by atoms with E-state index in [-0.39, 0.29) is 38.6 Å². The van der Waals surface area contributed by atoms with Gasteiger partial charge in [0.25, 0.3) is 0 Å². The van der Waals surface area contributed by atoms with Gasteiger partial charge in [-0.25, -0.2) is 0 Å². The van der Waals surface area contributed by atoms with Crippen LogP contribution in [0.25, 0.3) is 0 Å². The number of unbranched alkanes of at least 4 members (excludes halogenated alkanes) is 14. The van der Waals surface area contributed by atoms with Crippen LogP contribution >= 0.6 is 0 Å². The molecule has 0 bridgehead atoms. The highest BCUT2D eigenvalue weighted by Crippen LogP contribution is 2.14. The molecule has 2 atom stereocenters. The van der Waals surface area contributed by atoms with E-state index in [0.717, 1.165) is 180 Å². The fourth-order valence-electron chi connectivity index (χ4n) is 9.17. The predicted octanol–water partition coefficient (Wildman–Crippen LogP) is 22.4. The van der Waals surface area contributed by atoms with E-state index in [0.29, 0.717) is 17.4 Å². The van der Waals surface area contributed by atoms with Gasteiger partial charge in [0, 0.05) is 12.8 Å². The lowest BCUT2D eigenvalue weighted by Crippen LogP contribution is -2.44. The second-order valence-electron chi connectivity index (χ2n) is 24.8. The van der Waals surface area contributed by atoms with E-state index in [1.54, 1.807) is 0 Å². The summed E-state index contributed by atoms with van der Waals surface area (Å²) in [5, 5.41) is 11.8. The Morgan fingerprint density at radius 1 is 0.316 bits per heavy atom. The molecule has 0 aliphatic heterocycles. The monoisotopic (exact) mass is 1310 g/mol. The molecule has 0 heterocycles. The topological polar surface area (TPSA) is 111 Å². The van der Waals surface area contributed by atoms with Crippen LogP contribution in [0.15, 0.2) is 219 Å². The lowest BCUT2D eigenvalue weighted by molar-refractivity contribution is -0.870. The van der Waals surface area contributed by atoms with Crippen LogP contribution in [0.4, 0.5) is 0 Å². The number of allylic oxidation sites excluding steroid dienone is 36. The summed E-state index contributed by atoms with van der Waals surface area (Å²) in [4.78, 5) is 37.5. The van der Waals surface area contributed by atoms with Crippen molar-refractivity contribution in [2.75, 3.05) is 47.5 Å². The van der Waals surface area contributed by atoms with Gasteiger partial charge >= 0.3 is 11.9 Å². The average molecular weight is 1310 g/mol. The van der Waals surface area contributed by atoms with Crippen molar-refractivity contribution in [1.29, 1.82) is 0 Å². The number of hydrogen-bond donors (Lipinski definition) is 0. The Hall–Kier alpha value is -6.39. The van der Waals surface area contributed by atoms with Crippen LogP contribution in [-0.4, -0.2) is 82.3 Å². The van der Waals surface area contributed by atoms with Crippen molar-refractivity contribution in [2.45, 2.75) is 257 Å². The molecule has 0 fully saturated rings. The summed E-state index contributed by atoms with van der Waals surface area (Å²) in [6.07, 6.45) is 113. The Bertz CT molecular complexity index is 2370. The summed E-state index contributed by atoms with van der Waals surface area (Å²) in [7, 11) is 5.90. The number of rotatable bonds is 65. The maximum Gasteiger partial charge on any atom is 0.306 e. The molecule has 9 nitrogen and oxygen atoms in total. The van der Waals surface area contributed by atoms with Crippen LogP contribution in [0, 0.1) is 0 Å². The van der Waals surface area contributed by atoms with Gasteiger partial charge in [0.05, 0.1) is 40.3 Å².